The number of hydrogen-bond acceptors (Lipinski definition) is 4. The predicted octanol–water partition coefficient (Wildman–Crippen LogP) is 2.81. The number of halogens is 3. The number of benzene rings is 1. The minimum atomic E-state index is -5.08. The van der Waals surface area contributed by atoms with Gasteiger partial charge in [-0.15, -0.1) is 0 Å². The van der Waals surface area contributed by atoms with Crippen molar-refractivity contribution in [3.05, 3.63) is 35.4 Å². The summed E-state index contributed by atoms with van der Waals surface area (Å²) >= 11 is 0. The van der Waals surface area contributed by atoms with Crippen molar-refractivity contribution < 1.29 is 32.6 Å². The van der Waals surface area contributed by atoms with Crippen molar-refractivity contribution in [2.24, 2.45) is 5.92 Å². The Bertz CT molecular complexity index is 709. The fourth-order valence-electron chi connectivity index (χ4n) is 3.90. The van der Waals surface area contributed by atoms with E-state index < -0.39 is 12.1 Å². The zero-order chi connectivity index (χ0) is 21.8. The van der Waals surface area contributed by atoms with Crippen molar-refractivity contribution in [3.8, 4) is 0 Å². The van der Waals surface area contributed by atoms with E-state index in [4.69, 9.17) is 14.6 Å². The summed E-state index contributed by atoms with van der Waals surface area (Å²) < 4.78 is 37.4. The molecule has 0 saturated carbocycles. The van der Waals surface area contributed by atoms with Crippen molar-refractivity contribution in [2.75, 3.05) is 33.3 Å². The molecule has 0 spiro atoms. The summed E-state index contributed by atoms with van der Waals surface area (Å²) in [4.78, 5) is 26.3. The van der Waals surface area contributed by atoms with Crippen LogP contribution in [0.5, 0.6) is 0 Å². The number of piperidine rings is 1. The number of aryl methyl sites for hydroxylation is 1. The van der Waals surface area contributed by atoms with Crippen LogP contribution in [0.25, 0.3) is 0 Å². The fourth-order valence-corrected chi connectivity index (χ4v) is 3.90. The highest BCUT2D eigenvalue weighted by molar-refractivity contribution is 5.94. The Morgan fingerprint density at radius 2 is 1.79 bits per heavy atom. The Balaban J connectivity index is 0.000000370. The average Bonchev–Trinajstić information content (AvgIpc) is 3.11. The largest absolute Gasteiger partial charge is 0.490 e. The molecule has 0 radical (unpaired) electrons. The van der Waals surface area contributed by atoms with Gasteiger partial charge in [-0.05, 0) is 32.0 Å². The number of nitrogens with zero attached hydrogens (tertiary/aromatic N) is 2. The van der Waals surface area contributed by atoms with Gasteiger partial charge in [-0.1, -0.05) is 24.6 Å². The number of hydrogen-bond donors (Lipinski definition) is 1. The molecule has 9 heteroatoms. The maximum Gasteiger partial charge on any atom is 0.490 e. The lowest BCUT2D eigenvalue weighted by atomic mass is 9.88. The maximum absolute atomic E-state index is 12.9. The molecule has 1 aromatic carbocycles. The van der Waals surface area contributed by atoms with E-state index in [2.05, 4.69) is 16.7 Å². The molecule has 1 amide bonds. The highest BCUT2D eigenvalue weighted by atomic mass is 19.4. The van der Waals surface area contributed by atoms with Crippen LogP contribution >= 0.6 is 0 Å². The van der Waals surface area contributed by atoms with Crippen molar-refractivity contribution in [2.45, 2.75) is 38.6 Å². The third-order valence-electron chi connectivity index (χ3n) is 5.49. The Kier molecular flexibility index (Phi) is 7.65. The first-order valence-corrected chi connectivity index (χ1v) is 9.51. The van der Waals surface area contributed by atoms with Gasteiger partial charge in [0.15, 0.2) is 0 Å². The van der Waals surface area contributed by atoms with Crippen molar-refractivity contribution in [1.29, 1.82) is 0 Å². The first kappa shape index (κ1) is 23.2. The summed E-state index contributed by atoms with van der Waals surface area (Å²) in [5.41, 5.74) is 1.99. The zero-order valence-electron chi connectivity index (χ0n) is 16.8. The number of rotatable bonds is 3. The summed E-state index contributed by atoms with van der Waals surface area (Å²) in [6, 6.07) is 8.20. The lowest BCUT2D eigenvalue weighted by molar-refractivity contribution is -0.192. The van der Waals surface area contributed by atoms with Crippen LogP contribution in [0.1, 0.15) is 29.3 Å². The SMILES string of the molecule is CCN1C[C@H]2[C@@H](C1)N(C(=O)c1ccc(C)cc1)CC[C@H]2OC.O=C(O)C(F)(F)F. The third kappa shape index (κ3) is 5.70. The summed E-state index contributed by atoms with van der Waals surface area (Å²) in [7, 11) is 1.80. The molecule has 2 aliphatic heterocycles. The van der Waals surface area contributed by atoms with Gasteiger partial charge in [0.1, 0.15) is 0 Å². The average molecular weight is 416 g/mol. The number of carbonyl (C=O) groups is 2. The second-order valence-electron chi connectivity index (χ2n) is 7.31. The molecule has 0 aromatic heterocycles. The van der Waals surface area contributed by atoms with E-state index in [0.717, 1.165) is 38.2 Å². The number of likely N-dealkylation sites (N-methyl/N-ethyl adjacent to an activating group) is 1. The molecule has 0 unspecified atom stereocenters. The van der Waals surface area contributed by atoms with Crippen LogP contribution in [0.2, 0.25) is 0 Å². The van der Waals surface area contributed by atoms with E-state index in [1.165, 1.54) is 5.56 Å². The number of methoxy groups -OCH3 is 1. The molecule has 2 saturated heterocycles. The summed E-state index contributed by atoms with van der Waals surface area (Å²) in [6.07, 6.45) is -3.86. The lowest BCUT2D eigenvalue weighted by Crippen LogP contribution is -2.53. The zero-order valence-corrected chi connectivity index (χ0v) is 16.8. The molecular formula is C20H27F3N2O4. The van der Waals surface area contributed by atoms with Gasteiger partial charge in [-0.2, -0.15) is 13.2 Å². The van der Waals surface area contributed by atoms with Crippen LogP contribution in [-0.2, 0) is 9.53 Å². The highest BCUT2D eigenvalue weighted by Gasteiger charge is 2.45. The monoisotopic (exact) mass is 416 g/mol. The molecule has 1 aromatic rings. The van der Waals surface area contributed by atoms with Gasteiger partial charge in [0.25, 0.3) is 5.91 Å². The van der Waals surface area contributed by atoms with Crippen LogP contribution < -0.4 is 0 Å². The van der Waals surface area contributed by atoms with E-state index in [1.54, 1.807) is 7.11 Å². The highest BCUT2D eigenvalue weighted by Crippen LogP contribution is 2.33. The van der Waals surface area contributed by atoms with Crippen LogP contribution in [0.4, 0.5) is 13.2 Å². The lowest BCUT2D eigenvalue weighted by Gasteiger charge is -2.41. The molecule has 3 atom stereocenters. The van der Waals surface area contributed by atoms with Gasteiger partial charge < -0.3 is 19.6 Å². The number of carbonyl (C=O) groups excluding carboxylic acids is 1. The van der Waals surface area contributed by atoms with Crippen molar-refractivity contribution in [1.82, 2.24) is 9.80 Å². The molecule has 162 valence electrons. The van der Waals surface area contributed by atoms with E-state index in [-0.39, 0.29) is 18.1 Å². The normalized spacial score (nSPS) is 24.5. The molecule has 3 rings (SSSR count). The van der Waals surface area contributed by atoms with Crippen molar-refractivity contribution in [3.63, 3.8) is 0 Å². The summed E-state index contributed by atoms with van der Waals surface area (Å²) in [5, 5.41) is 7.12. The van der Waals surface area contributed by atoms with Gasteiger partial charge in [-0.25, -0.2) is 4.79 Å². The first-order valence-electron chi connectivity index (χ1n) is 9.51. The predicted molar refractivity (Wildman–Crippen MR) is 101 cm³/mol. The quantitative estimate of drug-likeness (QED) is 0.821. The van der Waals surface area contributed by atoms with Gasteiger partial charge in [0.05, 0.1) is 12.1 Å². The molecule has 0 aliphatic carbocycles. The molecule has 29 heavy (non-hydrogen) atoms. The number of ether oxygens (including phenoxy) is 1. The second kappa shape index (κ2) is 9.58. The van der Waals surface area contributed by atoms with Gasteiger partial charge >= 0.3 is 12.1 Å². The minimum Gasteiger partial charge on any atom is -0.475 e. The number of carboxylic acids is 1. The number of fused-ring (bicyclic) bond motifs is 1. The van der Waals surface area contributed by atoms with Crippen molar-refractivity contribution >= 4 is 11.9 Å². The fraction of sp³-hybridized carbons (Fsp3) is 0.600. The van der Waals surface area contributed by atoms with Gasteiger partial charge in [0, 0.05) is 38.2 Å². The Labute approximate surface area is 168 Å². The topological polar surface area (TPSA) is 70.1 Å². The van der Waals surface area contributed by atoms with E-state index in [9.17, 15) is 18.0 Å². The third-order valence-corrected chi connectivity index (χ3v) is 5.49. The molecule has 2 aliphatic rings. The standard InChI is InChI=1S/C18H26N2O2.C2HF3O2/c1-4-19-11-15-16(12-19)20(10-9-17(15)22-3)18(21)14-7-5-13(2)6-8-14;3-2(4,5)1(6)7/h5-8,15-17H,4,9-12H2,1-3H3;(H,6,7)/t15-,16+,17+;/m0./s1. The van der Waals surface area contributed by atoms with Crippen LogP contribution in [0.15, 0.2) is 24.3 Å². The Morgan fingerprint density at radius 1 is 1.21 bits per heavy atom. The molecule has 1 N–H and O–H groups in total. The maximum atomic E-state index is 12.9. The molecule has 2 heterocycles. The Morgan fingerprint density at radius 3 is 2.28 bits per heavy atom. The Hall–Kier alpha value is -2.13. The molecular weight excluding hydrogens is 389 g/mol. The first-order chi connectivity index (χ1) is 13.6. The number of alkyl halides is 3. The molecule has 0 bridgehead atoms. The van der Waals surface area contributed by atoms with E-state index >= 15 is 0 Å². The second-order valence-corrected chi connectivity index (χ2v) is 7.31. The summed E-state index contributed by atoms with van der Waals surface area (Å²) in [5.74, 6) is -2.15. The van der Waals surface area contributed by atoms with Gasteiger partial charge in [-0.3, -0.25) is 4.79 Å². The number of aliphatic carboxylic acids is 1. The van der Waals surface area contributed by atoms with E-state index in [1.807, 2.05) is 31.2 Å². The number of carboxylic acid groups (broad SMARTS) is 1. The molecule has 6 nitrogen and oxygen atoms in total. The summed E-state index contributed by atoms with van der Waals surface area (Å²) in [6.45, 7) is 8.08. The number of amides is 1. The minimum absolute atomic E-state index is 0.169. The van der Waals surface area contributed by atoms with Crippen LogP contribution in [0.3, 0.4) is 0 Å². The smallest absolute Gasteiger partial charge is 0.475 e. The molecule has 2 fully saturated rings. The van der Waals surface area contributed by atoms with Crippen LogP contribution in [-0.4, -0.2) is 78.4 Å². The van der Waals surface area contributed by atoms with Gasteiger partial charge in [0.2, 0.25) is 0 Å². The number of likely N-dealkylation sites (tertiary alicyclic amines) is 2. The van der Waals surface area contributed by atoms with Crippen LogP contribution in [0, 0.1) is 12.8 Å². The van der Waals surface area contributed by atoms with E-state index in [0.29, 0.717) is 5.92 Å².